The van der Waals surface area contributed by atoms with Gasteiger partial charge in [-0.15, -0.1) is 0 Å². The van der Waals surface area contributed by atoms with Crippen LogP contribution in [0, 0.1) is 5.82 Å². The highest BCUT2D eigenvalue weighted by atomic mass is 19.1. The molecule has 1 aromatic carbocycles. The Morgan fingerprint density at radius 3 is 2.73 bits per heavy atom. The second-order valence-corrected chi connectivity index (χ2v) is 5.05. The number of nitrogens with zero attached hydrogens (tertiary/aromatic N) is 2. The second-order valence-electron chi connectivity index (χ2n) is 5.05. The van der Waals surface area contributed by atoms with Gasteiger partial charge in [-0.1, -0.05) is 12.1 Å². The van der Waals surface area contributed by atoms with E-state index in [2.05, 4.69) is 15.5 Å². The standard InChI is InChI=1S/C15H17FN4O2/c1-20(2)13(10-4-3-5-11(16)8-10)9-17-15(22)12-6-7-14(21)19-18-12/h3-8,13H,9H2,1-2H3,(H,17,22)(H,19,21)/t13-/m0/s1. The Morgan fingerprint density at radius 1 is 1.36 bits per heavy atom. The van der Waals surface area contributed by atoms with Gasteiger partial charge in [0.25, 0.3) is 11.5 Å². The van der Waals surface area contributed by atoms with Crippen molar-refractivity contribution in [2.45, 2.75) is 6.04 Å². The Kier molecular flexibility index (Phi) is 5.00. The van der Waals surface area contributed by atoms with Crippen molar-refractivity contribution in [1.29, 1.82) is 0 Å². The molecule has 1 atom stereocenters. The molecule has 0 saturated carbocycles. The minimum absolute atomic E-state index is 0.122. The summed E-state index contributed by atoms with van der Waals surface area (Å²) in [4.78, 5) is 24.8. The number of benzene rings is 1. The van der Waals surface area contributed by atoms with Gasteiger partial charge in [-0.2, -0.15) is 5.10 Å². The van der Waals surface area contributed by atoms with E-state index in [1.54, 1.807) is 12.1 Å². The molecule has 0 saturated heterocycles. The van der Waals surface area contributed by atoms with E-state index in [0.29, 0.717) is 0 Å². The maximum Gasteiger partial charge on any atom is 0.271 e. The number of nitrogens with one attached hydrogen (secondary N) is 2. The van der Waals surface area contributed by atoms with Crippen LogP contribution in [0.15, 0.2) is 41.2 Å². The van der Waals surface area contributed by atoms with Gasteiger partial charge in [-0.25, -0.2) is 9.49 Å². The summed E-state index contributed by atoms with van der Waals surface area (Å²) in [7, 11) is 3.69. The van der Waals surface area contributed by atoms with Crippen molar-refractivity contribution in [2.24, 2.45) is 0 Å². The molecule has 0 aliphatic carbocycles. The molecule has 116 valence electrons. The molecule has 0 radical (unpaired) electrons. The molecule has 0 aliphatic rings. The molecule has 2 rings (SSSR count). The molecule has 1 aromatic heterocycles. The van der Waals surface area contributed by atoms with Gasteiger partial charge in [0, 0.05) is 12.6 Å². The third-order valence-corrected chi connectivity index (χ3v) is 3.22. The molecule has 0 aliphatic heterocycles. The van der Waals surface area contributed by atoms with Crippen LogP contribution in [-0.2, 0) is 0 Å². The second kappa shape index (κ2) is 6.95. The van der Waals surface area contributed by atoms with E-state index in [4.69, 9.17) is 0 Å². The van der Waals surface area contributed by atoms with Crippen LogP contribution in [0.3, 0.4) is 0 Å². The first-order valence-electron chi connectivity index (χ1n) is 6.73. The first kappa shape index (κ1) is 15.8. The summed E-state index contributed by atoms with van der Waals surface area (Å²) in [6.07, 6.45) is 0. The van der Waals surface area contributed by atoms with E-state index in [0.717, 1.165) is 5.56 Å². The van der Waals surface area contributed by atoms with Gasteiger partial charge >= 0.3 is 0 Å². The first-order chi connectivity index (χ1) is 10.5. The molecule has 0 spiro atoms. The van der Waals surface area contributed by atoms with E-state index in [9.17, 15) is 14.0 Å². The Balaban J connectivity index is 2.07. The number of H-pyrrole nitrogens is 1. The van der Waals surface area contributed by atoms with Crippen LogP contribution >= 0.6 is 0 Å². The molecule has 22 heavy (non-hydrogen) atoms. The van der Waals surface area contributed by atoms with E-state index in [1.165, 1.54) is 24.3 Å². The molecule has 1 heterocycles. The molecular formula is C15H17FN4O2. The van der Waals surface area contributed by atoms with Gasteiger partial charge in [0.2, 0.25) is 0 Å². The number of amides is 1. The Labute approximate surface area is 127 Å². The molecule has 2 aromatic rings. The Bertz CT molecular complexity index is 694. The molecule has 0 fully saturated rings. The van der Waals surface area contributed by atoms with Crippen LogP contribution < -0.4 is 10.9 Å². The summed E-state index contributed by atoms with van der Waals surface area (Å²) in [6, 6.07) is 8.65. The minimum Gasteiger partial charge on any atom is -0.349 e. The maximum absolute atomic E-state index is 13.3. The number of aromatic amines is 1. The van der Waals surface area contributed by atoms with Crippen LogP contribution in [0.25, 0.3) is 0 Å². The predicted molar refractivity (Wildman–Crippen MR) is 80.0 cm³/mol. The average molecular weight is 304 g/mol. The van der Waals surface area contributed by atoms with E-state index >= 15 is 0 Å². The highest BCUT2D eigenvalue weighted by Crippen LogP contribution is 2.18. The zero-order valence-corrected chi connectivity index (χ0v) is 12.3. The third kappa shape index (κ3) is 3.98. The number of rotatable bonds is 5. The largest absolute Gasteiger partial charge is 0.349 e. The van der Waals surface area contributed by atoms with Crippen molar-refractivity contribution in [1.82, 2.24) is 20.4 Å². The SMILES string of the molecule is CN(C)[C@@H](CNC(=O)c1ccc(=O)[nH]n1)c1cccc(F)c1. The highest BCUT2D eigenvalue weighted by Gasteiger charge is 2.17. The normalized spacial score (nSPS) is 12.2. The number of likely N-dealkylation sites (N-methyl/N-ethyl adjacent to an activating group) is 1. The first-order valence-corrected chi connectivity index (χ1v) is 6.73. The molecular weight excluding hydrogens is 287 g/mol. The van der Waals surface area contributed by atoms with Crippen molar-refractivity contribution in [3.05, 3.63) is 63.8 Å². The minimum atomic E-state index is -0.403. The van der Waals surface area contributed by atoms with Crippen LogP contribution in [0.1, 0.15) is 22.1 Å². The van der Waals surface area contributed by atoms with Crippen molar-refractivity contribution >= 4 is 5.91 Å². The Hall–Kier alpha value is -2.54. The lowest BCUT2D eigenvalue weighted by Gasteiger charge is -2.25. The third-order valence-electron chi connectivity index (χ3n) is 3.22. The van der Waals surface area contributed by atoms with Crippen molar-refractivity contribution in [3.8, 4) is 0 Å². The van der Waals surface area contributed by atoms with Gasteiger partial charge in [-0.3, -0.25) is 9.59 Å². The number of aromatic nitrogens is 2. The summed E-state index contributed by atoms with van der Waals surface area (Å²) in [6.45, 7) is 0.288. The van der Waals surface area contributed by atoms with Gasteiger partial charge in [-0.05, 0) is 37.9 Å². The number of hydrogen-bond donors (Lipinski definition) is 2. The molecule has 7 heteroatoms. The molecule has 0 bridgehead atoms. The topological polar surface area (TPSA) is 78.1 Å². The summed E-state index contributed by atoms with van der Waals surface area (Å²) in [5.41, 5.74) is 0.513. The van der Waals surface area contributed by atoms with E-state index < -0.39 is 5.91 Å². The van der Waals surface area contributed by atoms with Gasteiger partial charge in [0.1, 0.15) is 11.5 Å². The predicted octanol–water partition coefficient (Wildman–Crippen LogP) is 0.942. The molecule has 0 unspecified atom stereocenters. The maximum atomic E-state index is 13.3. The molecule has 1 amide bonds. The fourth-order valence-electron chi connectivity index (χ4n) is 2.06. The zero-order valence-electron chi connectivity index (χ0n) is 12.3. The van der Waals surface area contributed by atoms with E-state index in [-0.39, 0.29) is 29.7 Å². The quantitative estimate of drug-likeness (QED) is 0.862. The summed E-state index contributed by atoms with van der Waals surface area (Å²) in [5, 5.41) is 8.60. The smallest absolute Gasteiger partial charge is 0.271 e. The summed E-state index contributed by atoms with van der Waals surface area (Å²) in [5.74, 6) is -0.725. The van der Waals surface area contributed by atoms with E-state index in [1.807, 2.05) is 19.0 Å². The monoisotopic (exact) mass is 304 g/mol. The van der Waals surface area contributed by atoms with Crippen LogP contribution in [0.4, 0.5) is 4.39 Å². The molecule has 6 nitrogen and oxygen atoms in total. The van der Waals surface area contributed by atoms with Crippen molar-refractivity contribution in [2.75, 3.05) is 20.6 Å². The summed E-state index contributed by atoms with van der Waals surface area (Å²) < 4.78 is 13.3. The number of hydrogen-bond acceptors (Lipinski definition) is 4. The van der Waals surface area contributed by atoms with Crippen molar-refractivity contribution < 1.29 is 9.18 Å². The highest BCUT2D eigenvalue weighted by molar-refractivity contribution is 5.91. The van der Waals surface area contributed by atoms with Crippen LogP contribution in [0.5, 0.6) is 0 Å². The number of carbonyl (C=O) groups is 1. The lowest BCUT2D eigenvalue weighted by atomic mass is 10.1. The molecule has 2 N–H and O–H groups in total. The summed E-state index contributed by atoms with van der Waals surface area (Å²) >= 11 is 0. The Morgan fingerprint density at radius 2 is 2.14 bits per heavy atom. The van der Waals surface area contributed by atoms with Crippen molar-refractivity contribution in [3.63, 3.8) is 0 Å². The fraction of sp³-hybridized carbons (Fsp3) is 0.267. The van der Waals surface area contributed by atoms with Gasteiger partial charge < -0.3 is 10.2 Å². The van der Waals surface area contributed by atoms with Crippen LogP contribution in [0.2, 0.25) is 0 Å². The van der Waals surface area contributed by atoms with Crippen LogP contribution in [-0.4, -0.2) is 41.6 Å². The number of halogens is 1. The fourth-order valence-corrected chi connectivity index (χ4v) is 2.06. The van der Waals surface area contributed by atoms with Gasteiger partial charge in [0.15, 0.2) is 0 Å². The average Bonchev–Trinajstić information content (AvgIpc) is 2.47. The lowest BCUT2D eigenvalue weighted by molar-refractivity contribution is 0.0936. The number of carbonyl (C=O) groups excluding carboxylic acids is 1. The van der Waals surface area contributed by atoms with Gasteiger partial charge in [0.05, 0.1) is 6.04 Å². The zero-order chi connectivity index (χ0) is 16.1. The lowest BCUT2D eigenvalue weighted by Crippen LogP contribution is -2.35.